The Morgan fingerprint density at radius 2 is 2.00 bits per heavy atom. The topological polar surface area (TPSA) is 106 Å². The van der Waals surface area contributed by atoms with Gasteiger partial charge in [-0.25, -0.2) is 22.0 Å². The van der Waals surface area contributed by atoms with Crippen LogP contribution in [0.4, 0.5) is 0 Å². The van der Waals surface area contributed by atoms with E-state index in [1.807, 2.05) is 4.72 Å². The molecule has 0 amide bonds. The minimum Gasteiger partial charge on any atom is -0.286 e. The van der Waals surface area contributed by atoms with Gasteiger partial charge in [-0.2, -0.15) is 0 Å². The lowest BCUT2D eigenvalue weighted by atomic mass is 10.6. The summed E-state index contributed by atoms with van der Waals surface area (Å²) >= 11 is 0. The van der Waals surface area contributed by atoms with E-state index in [0.29, 0.717) is 0 Å². The molecular formula is C4H6N2O4S2. The third-order valence-electron chi connectivity index (χ3n) is 1.10. The van der Waals surface area contributed by atoms with Gasteiger partial charge in [0, 0.05) is 6.20 Å². The van der Waals surface area contributed by atoms with Crippen LogP contribution < -0.4 is 9.86 Å². The van der Waals surface area contributed by atoms with Crippen molar-refractivity contribution in [3.05, 3.63) is 22.6 Å². The standard InChI is InChI=1S/C4H6N2O4S2/c5-11(7,8)4-2-1-3-6-12(4,9)10/h1-3,6H,(H2,5,7,8). The Balaban J connectivity index is 3.39. The Bertz CT molecular complexity index is 441. The predicted molar refractivity (Wildman–Crippen MR) is 42.4 cm³/mol. The molecule has 3 N–H and O–H groups in total. The largest absolute Gasteiger partial charge is 0.286 e. The van der Waals surface area contributed by atoms with Crippen LogP contribution in [0.1, 0.15) is 0 Å². The molecule has 1 heterocycles. The summed E-state index contributed by atoms with van der Waals surface area (Å²) < 4.78 is 44.3. The molecule has 0 aliphatic carbocycles. The molecule has 1 aliphatic heterocycles. The van der Waals surface area contributed by atoms with E-state index >= 15 is 0 Å². The summed E-state index contributed by atoms with van der Waals surface area (Å²) in [5, 5.41) is 4.64. The van der Waals surface area contributed by atoms with Gasteiger partial charge in [-0.3, -0.25) is 4.72 Å². The van der Waals surface area contributed by atoms with E-state index in [2.05, 4.69) is 5.14 Å². The van der Waals surface area contributed by atoms with Crippen LogP contribution in [0.2, 0.25) is 0 Å². The maximum Gasteiger partial charge on any atom is 0.273 e. The van der Waals surface area contributed by atoms with Gasteiger partial charge in [0.05, 0.1) is 0 Å². The lowest BCUT2D eigenvalue weighted by Gasteiger charge is -2.08. The van der Waals surface area contributed by atoms with E-state index < -0.39 is 24.3 Å². The van der Waals surface area contributed by atoms with Gasteiger partial charge < -0.3 is 0 Å². The molecule has 0 aromatic rings. The minimum absolute atomic E-state index is 0.822. The van der Waals surface area contributed by atoms with E-state index in [1.54, 1.807) is 0 Å². The lowest BCUT2D eigenvalue weighted by Crippen LogP contribution is -2.29. The van der Waals surface area contributed by atoms with Crippen LogP contribution in [0.5, 0.6) is 0 Å². The first-order valence-corrected chi connectivity index (χ1v) is 5.79. The molecule has 12 heavy (non-hydrogen) atoms. The molecule has 0 atom stereocenters. The second-order valence-electron chi connectivity index (χ2n) is 2.01. The van der Waals surface area contributed by atoms with Gasteiger partial charge in [0.15, 0.2) is 4.24 Å². The molecular weight excluding hydrogens is 204 g/mol. The predicted octanol–water partition coefficient (Wildman–Crippen LogP) is -1.44. The summed E-state index contributed by atoms with van der Waals surface area (Å²) in [7, 11) is -8.14. The fourth-order valence-corrected chi connectivity index (χ4v) is 2.92. The third-order valence-corrected chi connectivity index (χ3v) is 4.26. The number of sulfonamides is 2. The zero-order valence-corrected chi connectivity index (χ0v) is 7.39. The molecule has 0 fully saturated rings. The molecule has 8 heteroatoms. The van der Waals surface area contributed by atoms with Crippen LogP contribution in [0.15, 0.2) is 22.6 Å². The SMILES string of the molecule is NS(=O)(=O)C1=CC=CNS1(=O)=O. The smallest absolute Gasteiger partial charge is 0.273 e. The van der Waals surface area contributed by atoms with Crippen molar-refractivity contribution in [2.75, 3.05) is 0 Å². The second-order valence-corrected chi connectivity index (χ2v) is 5.48. The fraction of sp³-hybridized carbons (Fsp3) is 0. The molecule has 0 radical (unpaired) electrons. The number of hydrogen-bond donors (Lipinski definition) is 2. The monoisotopic (exact) mass is 210 g/mol. The van der Waals surface area contributed by atoms with Crippen molar-refractivity contribution in [3.8, 4) is 0 Å². The number of nitrogens with one attached hydrogen (secondary N) is 1. The van der Waals surface area contributed by atoms with Crippen LogP contribution >= 0.6 is 0 Å². The van der Waals surface area contributed by atoms with Crippen molar-refractivity contribution in [3.63, 3.8) is 0 Å². The summed E-state index contributed by atoms with van der Waals surface area (Å²) in [5.74, 6) is 0. The summed E-state index contributed by atoms with van der Waals surface area (Å²) in [6.07, 6.45) is 3.26. The summed E-state index contributed by atoms with van der Waals surface area (Å²) in [5.41, 5.74) is 0. The zero-order valence-electron chi connectivity index (χ0n) is 5.76. The van der Waals surface area contributed by atoms with Crippen LogP contribution in [0.3, 0.4) is 0 Å². The average molecular weight is 210 g/mol. The first kappa shape index (κ1) is 9.23. The number of primary sulfonamides is 1. The number of hydrogen-bond acceptors (Lipinski definition) is 4. The Morgan fingerprint density at radius 1 is 1.42 bits per heavy atom. The molecule has 6 nitrogen and oxygen atoms in total. The van der Waals surface area contributed by atoms with Crippen LogP contribution in [0.25, 0.3) is 0 Å². The Hall–Kier alpha value is -0.860. The normalized spacial score (nSPS) is 21.2. The van der Waals surface area contributed by atoms with Crippen molar-refractivity contribution in [1.29, 1.82) is 0 Å². The zero-order chi connectivity index (χ0) is 9.41. The van der Waals surface area contributed by atoms with E-state index in [4.69, 9.17) is 0 Å². The maximum atomic E-state index is 10.9. The highest BCUT2D eigenvalue weighted by Gasteiger charge is 2.27. The Morgan fingerprint density at radius 3 is 2.33 bits per heavy atom. The summed E-state index contributed by atoms with van der Waals surface area (Å²) in [4.78, 5) is 0. The molecule has 0 saturated heterocycles. The van der Waals surface area contributed by atoms with Crippen molar-refractivity contribution in [1.82, 2.24) is 4.72 Å². The van der Waals surface area contributed by atoms with E-state index in [0.717, 1.165) is 12.3 Å². The van der Waals surface area contributed by atoms with Crippen LogP contribution in [-0.4, -0.2) is 16.8 Å². The molecule has 0 spiro atoms. The van der Waals surface area contributed by atoms with Crippen molar-refractivity contribution < 1.29 is 16.8 Å². The van der Waals surface area contributed by atoms with Gasteiger partial charge in [0.2, 0.25) is 0 Å². The highest BCUT2D eigenvalue weighted by Crippen LogP contribution is 2.12. The molecule has 0 saturated carbocycles. The Kier molecular flexibility index (Phi) is 1.98. The van der Waals surface area contributed by atoms with E-state index in [1.165, 1.54) is 6.08 Å². The molecule has 1 rings (SSSR count). The highest BCUT2D eigenvalue weighted by molar-refractivity contribution is 8.12. The molecule has 0 bridgehead atoms. The number of rotatable bonds is 1. The van der Waals surface area contributed by atoms with Gasteiger partial charge in [-0.15, -0.1) is 0 Å². The summed E-state index contributed by atoms with van der Waals surface area (Å²) in [6.45, 7) is 0. The van der Waals surface area contributed by atoms with Crippen molar-refractivity contribution in [2.24, 2.45) is 5.14 Å². The number of nitrogens with two attached hydrogens (primary N) is 1. The average Bonchev–Trinajstić information content (AvgIpc) is 1.83. The van der Waals surface area contributed by atoms with Gasteiger partial charge in [0.25, 0.3) is 20.0 Å². The quantitative estimate of drug-likeness (QED) is 0.553. The van der Waals surface area contributed by atoms with Gasteiger partial charge >= 0.3 is 0 Å². The van der Waals surface area contributed by atoms with Gasteiger partial charge in [-0.1, -0.05) is 0 Å². The fourth-order valence-electron chi connectivity index (χ4n) is 0.651. The van der Waals surface area contributed by atoms with Gasteiger partial charge in [-0.05, 0) is 12.2 Å². The third kappa shape index (κ3) is 1.65. The number of allylic oxidation sites excluding steroid dienone is 2. The minimum atomic E-state index is -4.17. The van der Waals surface area contributed by atoms with Gasteiger partial charge in [0.1, 0.15) is 0 Å². The molecule has 0 unspecified atom stereocenters. The maximum absolute atomic E-state index is 10.9. The van der Waals surface area contributed by atoms with Crippen molar-refractivity contribution >= 4 is 20.0 Å². The van der Waals surface area contributed by atoms with Crippen LogP contribution in [-0.2, 0) is 20.0 Å². The first-order chi connectivity index (χ1) is 5.34. The summed E-state index contributed by atoms with van der Waals surface area (Å²) in [6, 6.07) is 0. The van der Waals surface area contributed by atoms with E-state index in [-0.39, 0.29) is 0 Å². The van der Waals surface area contributed by atoms with Crippen LogP contribution in [0, 0.1) is 0 Å². The second kappa shape index (κ2) is 2.57. The molecule has 0 aromatic carbocycles. The van der Waals surface area contributed by atoms with E-state index in [9.17, 15) is 16.8 Å². The first-order valence-electron chi connectivity index (χ1n) is 2.76. The molecule has 1 aliphatic rings. The highest BCUT2D eigenvalue weighted by atomic mass is 32.3. The van der Waals surface area contributed by atoms with Crippen molar-refractivity contribution in [2.45, 2.75) is 0 Å². The molecule has 0 aromatic heterocycles. The molecule has 68 valence electrons. The lowest BCUT2D eigenvalue weighted by molar-refractivity contribution is 0.592. The Labute approximate surface area is 69.9 Å².